The minimum Gasteiger partial charge on any atom is -0.484 e. The summed E-state index contributed by atoms with van der Waals surface area (Å²) in [4.78, 5) is 28.2. The van der Waals surface area contributed by atoms with Gasteiger partial charge in [-0.15, -0.1) is 0 Å². The van der Waals surface area contributed by atoms with Crippen LogP contribution in [0.15, 0.2) is 78.9 Å². The van der Waals surface area contributed by atoms with Gasteiger partial charge in [-0.05, 0) is 53.4 Å². The Morgan fingerprint density at radius 2 is 1.46 bits per heavy atom. The Morgan fingerprint density at radius 3 is 2.06 bits per heavy atom. The van der Waals surface area contributed by atoms with Crippen LogP contribution in [0.2, 0.25) is 0 Å². The molecule has 0 saturated carbocycles. The molecule has 3 rings (SSSR count). The number of hydrogen-bond donors (Lipinski definition) is 1. The van der Waals surface area contributed by atoms with Crippen LogP contribution in [0.5, 0.6) is 5.75 Å². The fourth-order valence-corrected chi connectivity index (χ4v) is 3.52. The predicted octanol–water partition coefficient (Wildman–Crippen LogP) is 4.76. The number of amides is 2. The standard InChI is InChI=1S/C28H30F2N2O3/c1-20(2)17-31-28(34)26(16-21-6-4-3-5-7-21)32(18-22-8-10-23(29)11-9-22)27(33)19-35-25-14-12-24(30)13-15-25/h3-15,20,26H,16-19H2,1-2H3,(H,31,34)/t26-/m0/s1. The van der Waals surface area contributed by atoms with Gasteiger partial charge in [-0.3, -0.25) is 9.59 Å². The third kappa shape index (κ3) is 8.21. The molecule has 0 aliphatic heterocycles. The summed E-state index contributed by atoms with van der Waals surface area (Å²) in [6.45, 7) is 4.21. The van der Waals surface area contributed by atoms with E-state index in [9.17, 15) is 18.4 Å². The van der Waals surface area contributed by atoms with Gasteiger partial charge in [-0.1, -0.05) is 56.3 Å². The molecular formula is C28H30F2N2O3. The summed E-state index contributed by atoms with van der Waals surface area (Å²) in [7, 11) is 0. The summed E-state index contributed by atoms with van der Waals surface area (Å²) in [5.74, 6) is -0.919. The van der Waals surface area contributed by atoms with Crippen molar-refractivity contribution in [3.8, 4) is 5.75 Å². The van der Waals surface area contributed by atoms with Crippen LogP contribution in [0.1, 0.15) is 25.0 Å². The number of ether oxygens (including phenoxy) is 1. The van der Waals surface area contributed by atoms with E-state index >= 15 is 0 Å². The van der Waals surface area contributed by atoms with Crippen molar-refractivity contribution < 1.29 is 23.1 Å². The fourth-order valence-electron chi connectivity index (χ4n) is 3.52. The molecule has 0 radical (unpaired) electrons. The first-order valence-corrected chi connectivity index (χ1v) is 11.6. The van der Waals surface area contributed by atoms with Crippen LogP contribution in [-0.4, -0.2) is 35.9 Å². The van der Waals surface area contributed by atoms with Crippen molar-refractivity contribution in [1.82, 2.24) is 10.2 Å². The van der Waals surface area contributed by atoms with Crippen molar-refractivity contribution in [2.75, 3.05) is 13.2 Å². The molecule has 0 aliphatic rings. The number of carbonyl (C=O) groups excluding carboxylic acids is 2. The summed E-state index contributed by atoms with van der Waals surface area (Å²) in [5.41, 5.74) is 1.57. The summed E-state index contributed by atoms with van der Waals surface area (Å²) in [6, 6.07) is 19.8. The maximum Gasteiger partial charge on any atom is 0.261 e. The maximum absolute atomic E-state index is 13.5. The molecule has 5 nitrogen and oxygen atoms in total. The van der Waals surface area contributed by atoms with Crippen molar-refractivity contribution in [2.24, 2.45) is 5.92 Å². The van der Waals surface area contributed by atoms with Crippen LogP contribution in [0.3, 0.4) is 0 Å². The summed E-state index contributed by atoms with van der Waals surface area (Å²) >= 11 is 0. The lowest BCUT2D eigenvalue weighted by Gasteiger charge is -2.31. The molecule has 0 spiro atoms. The van der Waals surface area contributed by atoms with Gasteiger partial charge in [-0.2, -0.15) is 0 Å². The van der Waals surface area contributed by atoms with E-state index in [0.717, 1.165) is 5.56 Å². The molecular weight excluding hydrogens is 450 g/mol. The lowest BCUT2D eigenvalue weighted by Crippen LogP contribution is -2.52. The van der Waals surface area contributed by atoms with Crippen LogP contribution in [0, 0.1) is 17.6 Å². The largest absolute Gasteiger partial charge is 0.484 e. The molecule has 35 heavy (non-hydrogen) atoms. The summed E-state index contributed by atoms with van der Waals surface area (Å²) in [6.07, 6.45) is 0.300. The minimum atomic E-state index is -0.814. The van der Waals surface area contributed by atoms with Crippen molar-refractivity contribution in [2.45, 2.75) is 32.9 Å². The van der Waals surface area contributed by atoms with Gasteiger partial charge in [-0.25, -0.2) is 8.78 Å². The van der Waals surface area contributed by atoms with Crippen LogP contribution in [-0.2, 0) is 22.6 Å². The maximum atomic E-state index is 13.5. The van der Waals surface area contributed by atoms with E-state index in [4.69, 9.17) is 4.74 Å². The zero-order chi connectivity index (χ0) is 25.2. The molecule has 0 heterocycles. The highest BCUT2D eigenvalue weighted by molar-refractivity contribution is 5.88. The first-order chi connectivity index (χ1) is 16.8. The average Bonchev–Trinajstić information content (AvgIpc) is 2.86. The number of hydrogen-bond acceptors (Lipinski definition) is 3. The molecule has 0 unspecified atom stereocenters. The van der Waals surface area contributed by atoms with Gasteiger partial charge in [0, 0.05) is 19.5 Å². The third-order valence-electron chi connectivity index (χ3n) is 5.40. The monoisotopic (exact) mass is 480 g/mol. The minimum absolute atomic E-state index is 0.0957. The zero-order valence-electron chi connectivity index (χ0n) is 19.9. The SMILES string of the molecule is CC(C)CNC(=O)[C@H](Cc1ccccc1)N(Cc1ccc(F)cc1)C(=O)COc1ccc(F)cc1. The summed E-state index contributed by atoms with van der Waals surface area (Å²) in [5, 5.41) is 2.94. The Morgan fingerprint density at radius 1 is 0.857 bits per heavy atom. The Balaban J connectivity index is 1.88. The Bertz CT molecular complexity index is 1090. The number of halogens is 2. The second kappa shape index (κ2) is 12.6. The number of benzene rings is 3. The van der Waals surface area contributed by atoms with E-state index in [2.05, 4.69) is 5.32 Å². The first kappa shape index (κ1) is 25.9. The molecule has 1 N–H and O–H groups in total. The molecule has 0 fully saturated rings. The smallest absolute Gasteiger partial charge is 0.261 e. The van der Waals surface area contributed by atoms with E-state index in [1.807, 2.05) is 44.2 Å². The quantitative estimate of drug-likeness (QED) is 0.431. The van der Waals surface area contributed by atoms with E-state index in [1.54, 1.807) is 12.1 Å². The van der Waals surface area contributed by atoms with Crippen LogP contribution < -0.4 is 10.1 Å². The van der Waals surface area contributed by atoms with Crippen molar-refractivity contribution in [1.29, 1.82) is 0 Å². The molecule has 0 aliphatic carbocycles. The number of nitrogens with one attached hydrogen (secondary N) is 1. The number of rotatable bonds is 11. The van der Waals surface area contributed by atoms with Crippen LogP contribution in [0.25, 0.3) is 0 Å². The van der Waals surface area contributed by atoms with Gasteiger partial charge in [0.25, 0.3) is 5.91 Å². The third-order valence-corrected chi connectivity index (χ3v) is 5.40. The molecule has 1 atom stereocenters. The first-order valence-electron chi connectivity index (χ1n) is 11.6. The van der Waals surface area contributed by atoms with Gasteiger partial charge in [0.05, 0.1) is 0 Å². The van der Waals surface area contributed by atoms with Gasteiger partial charge in [0.1, 0.15) is 23.4 Å². The predicted molar refractivity (Wildman–Crippen MR) is 131 cm³/mol. The highest BCUT2D eigenvalue weighted by atomic mass is 19.1. The van der Waals surface area contributed by atoms with Crippen LogP contribution in [0.4, 0.5) is 8.78 Å². The van der Waals surface area contributed by atoms with E-state index in [-0.39, 0.29) is 30.8 Å². The fraction of sp³-hybridized carbons (Fsp3) is 0.286. The summed E-state index contributed by atoms with van der Waals surface area (Å²) < 4.78 is 32.3. The topological polar surface area (TPSA) is 58.6 Å². The second-order valence-corrected chi connectivity index (χ2v) is 8.74. The Hall–Kier alpha value is -3.74. The van der Waals surface area contributed by atoms with Gasteiger partial charge in [0.15, 0.2) is 6.61 Å². The van der Waals surface area contributed by atoms with Gasteiger partial charge < -0.3 is 15.0 Å². The lowest BCUT2D eigenvalue weighted by atomic mass is 10.0. The van der Waals surface area contributed by atoms with Gasteiger partial charge in [0.2, 0.25) is 5.91 Å². The second-order valence-electron chi connectivity index (χ2n) is 8.74. The lowest BCUT2D eigenvalue weighted by molar-refractivity contribution is -0.142. The normalized spacial score (nSPS) is 11.7. The molecule has 2 amide bonds. The van der Waals surface area contributed by atoms with Gasteiger partial charge >= 0.3 is 0 Å². The van der Waals surface area contributed by atoms with Crippen molar-refractivity contribution in [3.63, 3.8) is 0 Å². The Kier molecular flexibility index (Phi) is 9.35. The zero-order valence-corrected chi connectivity index (χ0v) is 19.9. The molecule has 0 saturated heterocycles. The van der Waals surface area contributed by atoms with E-state index < -0.39 is 17.8 Å². The Labute approximate surface area is 204 Å². The highest BCUT2D eigenvalue weighted by Gasteiger charge is 2.30. The molecule has 0 aromatic heterocycles. The molecule has 7 heteroatoms. The number of nitrogens with zero attached hydrogens (tertiary/aromatic N) is 1. The average molecular weight is 481 g/mol. The van der Waals surface area contributed by atoms with Crippen molar-refractivity contribution in [3.05, 3.63) is 102 Å². The van der Waals surface area contributed by atoms with Crippen LogP contribution >= 0.6 is 0 Å². The highest BCUT2D eigenvalue weighted by Crippen LogP contribution is 2.17. The molecule has 184 valence electrons. The van der Waals surface area contributed by atoms with E-state index in [1.165, 1.54) is 41.3 Å². The number of carbonyl (C=O) groups is 2. The van der Waals surface area contributed by atoms with Crippen molar-refractivity contribution >= 4 is 11.8 Å². The molecule has 3 aromatic rings. The molecule has 0 bridgehead atoms. The molecule has 3 aromatic carbocycles. The van der Waals surface area contributed by atoms with E-state index in [0.29, 0.717) is 24.3 Å².